The summed E-state index contributed by atoms with van der Waals surface area (Å²) in [6.45, 7) is 5.28. The molecule has 0 aliphatic rings. The molecule has 2 rings (SSSR count). The largest absolute Gasteiger partial charge is 0.354 e. The van der Waals surface area contributed by atoms with Crippen LogP contribution < -0.4 is 16.0 Å². The Morgan fingerprint density at radius 3 is 2.44 bits per heavy atom. The van der Waals surface area contributed by atoms with Crippen LogP contribution in [0.3, 0.4) is 0 Å². The lowest BCUT2D eigenvalue weighted by atomic mass is 10.2. The number of anilines is 4. The van der Waals surface area contributed by atoms with Gasteiger partial charge < -0.3 is 20.9 Å². The van der Waals surface area contributed by atoms with Gasteiger partial charge in [-0.3, -0.25) is 4.79 Å². The van der Waals surface area contributed by atoms with E-state index in [1.807, 2.05) is 37.3 Å². The molecule has 0 spiro atoms. The van der Waals surface area contributed by atoms with E-state index in [9.17, 15) is 4.79 Å². The molecule has 0 bridgehead atoms. The Morgan fingerprint density at radius 1 is 1.12 bits per heavy atom. The average Bonchev–Trinajstić information content (AvgIpc) is 2.52. The second-order valence-electron chi connectivity index (χ2n) is 6.19. The number of carbonyl (C=O) groups is 1. The highest BCUT2D eigenvalue weighted by Gasteiger charge is 2.03. The Balaban J connectivity index is 1.98. The molecule has 0 aliphatic carbocycles. The molecule has 0 unspecified atom stereocenters. The molecule has 0 atom stereocenters. The van der Waals surface area contributed by atoms with Gasteiger partial charge in [0.2, 0.25) is 11.9 Å². The normalized spacial score (nSPS) is 10.6. The third-order valence-electron chi connectivity index (χ3n) is 3.40. The molecule has 1 aromatic carbocycles. The third kappa shape index (κ3) is 6.76. The maximum absolute atomic E-state index is 11.1. The molecule has 25 heavy (non-hydrogen) atoms. The summed E-state index contributed by atoms with van der Waals surface area (Å²) in [5, 5.41) is 9.27. The molecule has 0 radical (unpaired) electrons. The van der Waals surface area contributed by atoms with Gasteiger partial charge >= 0.3 is 0 Å². The van der Waals surface area contributed by atoms with Crippen molar-refractivity contribution in [3.05, 3.63) is 36.0 Å². The highest BCUT2D eigenvalue weighted by atomic mass is 16.1. The lowest BCUT2D eigenvalue weighted by Gasteiger charge is -2.12. The standard InChI is InChI=1S/C18H26N6O/c1-13-12-17(23-18(20-13)19-10-5-11-24(3)4)22-16-8-6-15(7-9-16)21-14(2)25/h6-9,12H,5,10-11H2,1-4H3,(H,21,25)(H2,19,20,22,23). The minimum Gasteiger partial charge on any atom is -0.354 e. The molecule has 0 saturated carbocycles. The minimum atomic E-state index is -0.0860. The molecule has 0 fully saturated rings. The summed E-state index contributed by atoms with van der Waals surface area (Å²) in [4.78, 5) is 22.1. The Bertz CT molecular complexity index is 699. The fourth-order valence-corrected chi connectivity index (χ4v) is 2.30. The maximum Gasteiger partial charge on any atom is 0.224 e. The molecule has 1 amide bonds. The molecule has 3 N–H and O–H groups in total. The molecular formula is C18H26N6O. The minimum absolute atomic E-state index is 0.0860. The smallest absolute Gasteiger partial charge is 0.224 e. The summed E-state index contributed by atoms with van der Waals surface area (Å²) in [6.07, 6.45) is 1.03. The summed E-state index contributed by atoms with van der Waals surface area (Å²) < 4.78 is 0. The quantitative estimate of drug-likeness (QED) is 0.640. The van der Waals surface area contributed by atoms with Crippen LogP contribution in [-0.2, 0) is 4.79 Å². The van der Waals surface area contributed by atoms with E-state index < -0.39 is 0 Å². The number of nitrogens with zero attached hydrogens (tertiary/aromatic N) is 3. The molecule has 134 valence electrons. The van der Waals surface area contributed by atoms with Crippen LogP contribution in [0.4, 0.5) is 23.1 Å². The number of hydrogen-bond donors (Lipinski definition) is 3. The van der Waals surface area contributed by atoms with Crippen LogP contribution in [0.25, 0.3) is 0 Å². The van der Waals surface area contributed by atoms with Crippen molar-refractivity contribution in [2.45, 2.75) is 20.3 Å². The van der Waals surface area contributed by atoms with Crippen LogP contribution in [0.5, 0.6) is 0 Å². The fourth-order valence-electron chi connectivity index (χ4n) is 2.30. The predicted molar refractivity (Wildman–Crippen MR) is 102 cm³/mol. The fraction of sp³-hybridized carbons (Fsp3) is 0.389. The molecule has 1 aromatic heterocycles. The van der Waals surface area contributed by atoms with E-state index in [0.717, 1.165) is 42.4 Å². The van der Waals surface area contributed by atoms with Crippen LogP contribution in [0, 0.1) is 6.92 Å². The molecule has 0 aliphatic heterocycles. The topological polar surface area (TPSA) is 82.2 Å². The SMILES string of the molecule is CC(=O)Nc1ccc(Nc2cc(C)nc(NCCCN(C)C)n2)cc1. The first kappa shape index (κ1) is 18.7. The average molecular weight is 342 g/mol. The lowest BCUT2D eigenvalue weighted by Crippen LogP contribution is -2.17. The van der Waals surface area contributed by atoms with Gasteiger partial charge in [-0.15, -0.1) is 0 Å². The first-order chi connectivity index (χ1) is 11.9. The van der Waals surface area contributed by atoms with Crippen LogP contribution in [0.15, 0.2) is 30.3 Å². The van der Waals surface area contributed by atoms with Crippen molar-refractivity contribution >= 4 is 29.0 Å². The lowest BCUT2D eigenvalue weighted by molar-refractivity contribution is -0.114. The van der Waals surface area contributed by atoms with Gasteiger partial charge in [-0.25, -0.2) is 4.98 Å². The maximum atomic E-state index is 11.1. The summed E-state index contributed by atoms with van der Waals surface area (Å²) in [5.41, 5.74) is 2.55. The first-order valence-electron chi connectivity index (χ1n) is 8.31. The van der Waals surface area contributed by atoms with Crippen molar-refractivity contribution in [3.8, 4) is 0 Å². The van der Waals surface area contributed by atoms with E-state index in [0.29, 0.717) is 5.95 Å². The second kappa shape index (κ2) is 8.98. The van der Waals surface area contributed by atoms with Crippen LogP contribution >= 0.6 is 0 Å². The van der Waals surface area contributed by atoms with Crippen molar-refractivity contribution in [1.82, 2.24) is 14.9 Å². The molecule has 1 heterocycles. The van der Waals surface area contributed by atoms with Crippen molar-refractivity contribution in [2.24, 2.45) is 0 Å². The van der Waals surface area contributed by atoms with Gasteiger partial charge in [0, 0.05) is 36.6 Å². The summed E-state index contributed by atoms with van der Waals surface area (Å²) in [7, 11) is 4.12. The van der Waals surface area contributed by atoms with Crippen LogP contribution in [0.1, 0.15) is 19.0 Å². The number of carbonyl (C=O) groups excluding carboxylic acids is 1. The van der Waals surface area contributed by atoms with Crippen molar-refractivity contribution in [2.75, 3.05) is 43.1 Å². The molecular weight excluding hydrogens is 316 g/mol. The summed E-state index contributed by atoms with van der Waals surface area (Å²) >= 11 is 0. The van der Waals surface area contributed by atoms with Gasteiger partial charge in [-0.1, -0.05) is 0 Å². The Kier molecular flexibility index (Phi) is 6.71. The number of aromatic nitrogens is 2. The molecule has 0 saturated heterocycles. The van der Waals surface area contributed by atoms with E-state index in [1.165, 1.54) is 6.92 Å². The highest BCUT2D eigenvalue weighted by molar-refractivity contribution is 5.88. The number of nitrogens with one attached hydrogen (secondary N) is 3. The first-order valence-corrected chi connectivity index (χ1v) is 8.31. The third-order valence-corrected chi connectivity index (χ3v) is 3.40. The number of amides is 1. The van der Waals surface area contributed by atoms with Gasteiger partial charge in [0.05, 0.1) is 0 Å². The number of rotatable bonds is 8. The van der Waals surface area contributed by atoms with E-state index in [-0.39, 0.29) is 5.91 Å². The predicted octanol–water partition coefficient (Wildman–Crippen LogP) is 2.85. The number of benzene rings is 1. The van der Waals surface area contributed by atoms with Crippen molar-refractivity contribution in [3.63, 3.8) is 0 Å². The van der Waals surface area contributed by atoms with Gasteiger partial charge in [0.15, 0.2) is 0 Å². The zero-order chi connectivity index (χ0) is 18.2. The zero-order valence-electron chi connectivity index (χ0n) is 15.3. The van der Waals surface area contributed by atoms with E-state index in [2.05, 4.69) is 44.9 Å². The monoisotopic (exact) mass is 342 g/mol. The Labute approximate surface area is 148 Å². The Morgan fingerprint density at radius 2 is 1.80 bits per heavy atom. The van der Waals surface area contributed by atoms with Crippen LogP contribution in [-0.4, -0.2) is 48.0 Å². The molecule has 7 heteroatoms. The van der Waals surface area contributed by atoms with Crippen LogP contribution in [0.2, 0.25) is 0 Å². The van der Waals surface area contributed by atoms with Gasteiger partial charge in [-0.2, -0.15) is 4.98 Å². The molecule has 7 nitrogen and oxygen atoms in total. The van der Waals surface area contributed by atoms with Crippen molar-refractivity contribution < 1.29 is 4.79 Å². The summed E-state index contributed by atoms with van der Waals surface area (Å²) in [6, 6.07) is 9.38. The second-order valence-corrected chi connectivity index (χ2v) is 6.19. The number of hydrogen-bond acceptors (Lipinski definition) is 6. The zero-order valence-corrected chi connectivity index (χ0v) is 15.3. The van der Waals surface area contributed by atoms with Crippen molar-refractivity contribution in [1.29, 1.82) is 0 Å². The summed E-state index contributed by atoms with van der Waals surface area (Å²) in [5.74, 6) is 1.27. The van der Waals surface area contributed by atoms with E-state index in [4.69, 9.17) is 0 Å². The highest BCUT2D eigenvalue weighted by Crippen LogP contribution is 2.19. The molecule has 2 aromatic rings. The van der Waals surface area contributed by atoms with Gasteiger partial charge in [-0.05, 0) is 58.3 Å². The van der Waals surface area contributed by atoms with Gasteiger partial charge in [0.1, 0.15) is 5.82 Å². The number of aryl methyl sites for hydroxylation is 1. The van der Waals surface area contributed by atoms with E-state index in [1.54, 1.807) is 0 Å². The van der Waals surface area contributed by atoms with Gasteiger partial charge in [0.25, 0.3) is 0 Å². The Hall–Kier alpha value is -2.67. The van der Waals surface area contributed by atoms with E-state index >= 15 is 0 Å².